The highest BCUT2D eigenvalue weighted by Crippen LogP contribution is 2.06. The first-order valence-corrected chi connectivity index (χ1v) is 3.74. The molecule has 0 amide bonds. The number of carbonyl (C=O) groups is 1. The van der Waals surface area contributed by atoms with E-state index in [0.29, 0.717) is 5.92 Å². The van der Waals surface area contributed by atoms with Gasteiger partial charge in [0, 0.05) is 0 Å². The van der Waals surface area contributed by atoms with Crippen molar-refractivity contribution in [3.63, 3.8) is 0 Å². The summed E-state index contributed by atoms with van der Waals surface area (Å²) in [5, 5.41) is 8.50. The first-order chi connectivity index (χ1) is 5.11. The predicted octanol–water partition coefficient (Wildman–Crippen LogP) is 2.07. The van der Waals surface area contributed by atoms with Crippen molar-refractivity contribution in [1.29, 1.82) is 5.26 Å². The van der Waals surface area contributed by atoms with Gasteiger partial charge in [0.05, 0.1) is 5.57 Å². The quantitative estimate of drug-likeness (QED) is 0.457. The highest BCUT2D eigenvalue weighted by Gasteiger charge is 2.03. The van der Waals surface area contributed by atoms with E-state index in [4.69, 9.17) is 5.26 Å². The van der Waals surface area contributed by atoms with Crippen LogP contribution < -0.4 is 0 Å². The molecule has 0 aliphatic rings. The Morgan fingerprint density at radius 3 is 2.55 bits per heavy atom. The average molecular weight is 151 g/mol. The minimum atomic E-state index is -0.146. The second-order valence-corrected chi connectivity index (χ2v) is 2.63. The summed E-state index contributed by atoms with van der Waals surface area (Å²) in [6, 6.07) is 1.88. The molecule has 0 N–H and O–H groups in total. The number of carbonyl (C=O) groups excluding carboxylic acids is 1. The third-order valence-corrected chi connectivity index (χ3v) is 1.59. The Morgan fingerprint density at radius 2 is 2.27 bits per heavy atom. The van der Waals surface area contributed by atoms with Crippen LogP contribution in [0.4, 0.5) is 0 Å². The molecule has 0 spiro atoms. The van der Waals surface area contributed by atoms with Gasteiger partial charge in [0.15, 0.2) is 5.78 Å². The zero-order valence-electron chi connectivity index (χ0n) is 7.22. The molecule has 0 aromatic carbocycles. The zero-order chi connectivity index (χ0) is 8.85. The van der Waals surface area contributed by atoms with Crippen LogP contribution >= 0.6 is 0 Å². The monoisotopic (exact) mass is 151 g/mol. The van der Waals surface area contributed by atoms with Crippen molar-refractivity contribution >= 4 is 5.78 Å². The SMILES string of the molecule is CCC(C)/C=C(\C#N)C(C)=O. The summed E-state index contributed by atoms with van der Waals surface area (Å²) in [6.45, 7) is 5.42. The van der Waals surface area contributed by atoms with E-state index in [9.17, 15) is 4.79 Å². The number of ketones is 1. The third kappa shape index (κ3) is 3.57. The van der Waals surface area contributed by atoms with Gasteiger partial charge >= 0.3 is 0 Å². The van der Waals surface area contributed by atoms with Crippen molar-refractivity contribution < 1.29 is 4.79 Å². The van der Waals surface area contributed by atoms with Crippen LogP contribution in [0.2, 0.25) is 0 Å². The molecule has 0 aliphatic carbocycles. The highest BCUT2D eigenvalue weighted by molar-refractivity contribution is 5.97. The van der Waals surface area contributed by atoms with Gasteiger partial charge < -0.3 is 0 Å². The van der Waals surface area contributed by atoms with Crippen molar-refractivity contribution in [2.24, 2.45) is 5.92 Å². The van der Waals surface area contributed by atoms with Crippen LogP contribution in [0.3, 0.4) is 0 Å². The molecule has 0 saturated heterocycles. The lowest BCUT2D eigenvalue weighted by Crippen LogP contribution is -1.97. The van der Waals surface area contributed by atoms with Crippen molar-refractivity contribution in [3.05, 3.63) is 11.6 Å². The maximum Gasteiger partial charge on any atom is 0.169 e. The van der Waals surface area contributed by atoms with Crippen molar-refractivity contribution in [2.75, 3.05) is 0 Å². The highest BCUT2D eigenvalue weighted by atomic mass is 16.1. The summed E-state index contributed by atoms with van der Waals surface area (Å²) in [5.74, 6) is 0.168. The Kier molecular flexibility index (Phi) is 4.21. The fourth-order valence-corrected chi connectivity index (χ4v) is 0.636. The minimum Gasteiger partial charge on any atom is -0.294 e. The number of Topliss-reactive ketones (excluding diaryl/α,β-unsaturated/α-hetero) is 1. The second kappa shape index (κ2) is 4.68. The summed E-state index contributed by atoms with van der Waals surface area (Å²) in [5.41, 5.74) is 0.277. The lowest BCUT2D eigenvalue weighted by Gasteiger charge is -1.99. The van der Waals surface area contributed by atoms with Crippen LogP contribution in [0.25, 0.3) is 0 Å². The Hall–Kier alpha value is -1.10. The number of hydrogen-bond acceptors (Lipinski definition) is 2. The molecule has 2 heteroatoms. The van der Waals surface area contributed by atoms with Gasteiger partial charge in [-0.3, -0.25) is 4.79 Å². The Bertz CT molecular complexity index is 210. The molecule has 0 saturated carbocycles. The summed E-state index contributed by atoms with van der Waals surface area (Å²) in [4.78, 5) is 10.7. The van der Waals surface area contributed by atoms with Crippen LogP contribution in [0.1, 0.15) is 27.2 Å². The zero-order valence-corrected chi connectivity index (χ0v) is 7.22. The average Bonchev–Trinajstić information content (AvgIpc) is 1.99. The van der Waals surface area contributed by atoms with Gasteiger partial charge in [-0.2, -0.15) is 5.26 Å². The fourth-order valence-electron chi connectivity index (χ4n) is 0.636. The summed E-state index contributed by atoms with van der Waals surface area (Å²) in [7, 11) is 0. The summed E-state index contributed by atoms with van der Waals surface area (Å²) < 4.78 is 0. The molecule has 0 heterocycles. The molecular formula is C9H13NO. The minimum absolute atomic E-state index is 0.146. The number of hydrogen-bond donors (Lipinski definition) is 0. The van der Waals surface area contributed by atoms with E-state index in [0.717, 1.165) is 6.42 Å². The lowest BCUT2D eigenvalue weighted by atomic mass is 10.0. The Morgan fingerprint density at radius 1 is 1.73 bits per heavy atom. The molecule has 0 aromatic rings. The molecular weight excluding hydrogens is 138 g/mol. The number of allylic oxidation sites excluding steroid dienone is 2. The van der Waals surface area contributed by atoms with E-state index < -0.39 is 0 Å². The molecule has 1 atom stereocenters. The van der Waals surface area contributed by atoms with Gasteiger partial charge in [-0.15, -0.1) is 0 Å². The topological polar surface area (TPSA) is 40.9 Å². The van der Waals surface area contributed by atoms with Gasteiger partial charge in [0.25, 0.3) is 0 Å². The molecule has 2 nitrogen and oxygen atoms in total. The van der Waals surface area contributed by atoms with Gasteiger partial charge in [0.2, 0.25) is 0 Å². The maximum absolute atomic E-state index is 10.7. The molecule has 0 fully saturated rings. The molecule has 60 valence electrons. The van der Waals surface area contributed by atoms with Crippen molar-refractivity contribution in [1.82, 2.24) is 0 Å². The largest absolute Gasteiger partial charge is 0.294 e. The Balaban J connectivity index is 4.39. The summed E-state index contributed by atoms with van der Waals surface area (Å²) >= 11 is 0. The van der Waals surface area contributed by atoms with Gasteiger partial charge in [-0.05, 0) is 12.8 Å². The molecule has 0 bridgehead atoms. The van der Waals surface area contributed by atoms with Crippen LogP contribution in [0, 0.1) is 17.2 Å². The van der Waals surface area contributed by atoms with E-state index >= 15 is 0 Å². The first kappa shape index (κ1) is 9.90. The van der Waals surface area contributed by atoms with Gasteiger partial charge in [-0.1, -0.05) is 26.3 Å². The molecule has 0 rings (SSSR count). The molecule has 1 unspecified atom stereocenters. The molecule has 11 heavy (non-hydrogen) atoms. The van der Waals surface area contributed by atoms with Gasteiger partial charge in [0.1, 0.15) is 6.07 Å². The van der Waals surface area contributed by atoms with Crippen LogP contribution in [-0.2, 0) is 4.79 Å². The normalized spacial score (nSPS) is 13.8. The van der Waals surface area contributed by atoms with E-state index in [1.807, 2.05) is 19.9 Å². The lowest BCUT2D eigenvalue weighted by molar-refractivity contribution is -0.113. The maximum atomic E-state index is 10.7. The van der Waals surface area contributed by atoms with E-state index in [-0.39, 0.29) is 11.4 Å². The van der Waals surface area contributed by atoms with E-state index in [1.165, 1.54) is 6.92 Å². The predicted molar refractivity (Wildman–Crippen MR) is 43.8 cm³/mol. The standard InChI is InChI=1S/C9H13NO/c1-4-7(2)5-9(6-10)8(3)11/h5,7H,4H2,1-3H3/b9-5+. The number of nitrogens with zero attached hydrogens (tertiary/aromatic N) is 1. The first-order valence-electron chi connectivity index (χ1n) is 3.74. The fraction of sp³-hybridized carbons (Fsp3) is 0.556. The second-order valence-electron chi connectivity index (χ2n) is 2.63. The van der Waals surface area contributed by atoms with Crippen molar-refractivity contribution in [2.45, 2.75) is 27.2 Å². The van der Waals surface area contributed by atoms with E-state index in [2.05, 4.69) is 0 Å². The van der Waals surface area contributed by atoms with E-state index in [1.54, 1.807) is 6.08 Å². The third-order valence-electron chi connectivity index (χ3n) is 1.59. The number of nitriles is 1. The van der Waals surface area contributed by atoms with Crippen LogP contribution in [0.5, 0.6) is 0 Å². The molecule has 0 radical (unpaired) electrons. The molecule has 0 aliphatic heterocycles. The number of rotatable bonds is 3. The smallest absolute Gasteiger partial charge is 0.169 e. The van der Waals surface area contributed by atoms with Gasteiger partial charge in [-0.25, -0.2) is 0 Å². The van der Waals surface area contributed by atoms with Crippen LogP contribution in [-0.4, -0.2) is 5.78 Å². The molecule has 0 aromatic heterocycles. The Labute approximate surface area is 67.5 Å². The van der Waals surface area contributed by atoms with Crippen LogP contribution in [0.15, 0.2) is 11.6 Å². The van der Waals surface area contributed by atoms with Crippen molar-refractivity contribution in [3.8, 4) is 6.07 Å². The summed E-state index contributed by atoms with van der Waals surface area (Å²) in [6.07, 6.45) is 2.68.